The maximum Gasteiger partial charge on any atom is 0.191 e. The number of guanidine groups is 1. The van der Waals surface area contributed by atoms with Crippen molar-refractivity contribution in [3.63, 3.8) is 0 Å². The molecule has 0 saturated carbocycles. The Balaban J connectivity index is 0.00000529. The molecule has 1 unspecified atom stereocenters. The minimum atomic E-state index is 0. The first kappa shape index (κ1) is 23.9. The van der Waals surface area contributed by atoms with E-state index in [2.05, 4.69) is 48.2 Å². The minimum Gasteiger partial charge on any atom is -0.380 e. The predicted molar refractivity (Wildman–Crippen MR) is 114 cm³/mol. The van der Waals surface area contributed by atoms with E-state index in [4.69, 9.17) is 4.74 Å². The van der Waals surface area contributed by atoms with E-state index in [0.29, 0.717) is 17.9 Å². The van der Waals surface area contributed by atoms with Crippen LogP contribution >= 0.6 is 24.0 Å². The zero-order valence-corrected chi connectivity index (χ0v) is 18.6. The van der Waals surface area contributed by atoms with Gasteiger partial charge in [-0.1, -0.05) is 13.8 Å². The molecule has 0 spiro atoms. The molecule has 24 heavy (non-hydrogen) atoms. The average Bonchev–Trinajstić information content (AvgIpc) is 2.53. The van der Waals surface area contributed by atoms with E-state index in [1.807, 2.05) is 7.05 Å². The number of likely N-dealkylation sites (tertiary alicyclic amines) is 1. The minimum absolute atomic E-state index is 0. The molecule has 0 amide bonds. The molecule has 2 N–H and O–H groups in total. The smallest absolute Gasteiger partial charge is 0.191 e. The number of nitrogens with one attached hydrogen (secondary N) is 2. The largest absolute Gasteiger partial charge is 0.380 e. The van der Waals surface area contributed by atoms with E-state index in [1.165, 1.54) is 25.9 Å². The number of hydrogen-bond donors (Lipinski definition) is 2. The molecule has 1 atom stereocenters. The molecule has 0 aliphatic carbocycles. The van der Waals surface area contributed by atoms with Gasteiger partial charge in [0.15, 0.2) is 5.96 Å². The summed E-state index contributed by atoms with van der Waals surface area (Å²) >= 11 is 0. The number of hydrogen-bond acceptors (Lipinski definition) is 3. The average molecular weight is 454 g/mol. The summed E-state index contributed by atoms with van der Waals surface area (Å²) in [5, 5.41) is 6.80. The predicted octanol–water partition coefficient (Wildman–Crippen LogP) is 2.95. The second kappa shape index (κ2) is 14.1. The van der Waals surface area contributed by atoms with Crippen LogP contribution in [0.1, 0.15) is 47.0 Å². The quantitative estimate of drug-likeness (QED) is 0.244. The second-order valence-corrected chi connectivity index (χ2v) is 7.27. The van der Waals surface area contributed by atoms with Gasteiger partial charge in [0.25, 0.3) is 0 Å². The molecule has 1 saturated heterocycles. The van der Waals surface area contributed by atoms with Gasteiger partial charge in [0, 0.05) is 39.3 Å². The summed E-state index contributed by atoms with van der Waals surface area (Å²) in [7, 11) is 1.83. The third kappa shape index (κ3) is 10.7. The molecular weight excluding hydrogens is 415 g/mol. The lowest BCUT2D eigenvalue weighted by Crippen LogP contribution is -2.46. The van der Waals surface area contributed by atoms with E-state index in [0.717, 1.165) is 38.7 Å². The van der Waals surface area contributed by atoms with Crippen LogP contribution < -0.4 is 10.6 Å². The Labute approximate surface area is 166 Å². The number of nitrogens with zero attached hydrogens (tertiary/aromatic N) is 2. The Bertz CT molecular complexity index is 337. The number of aliphatic imine (C=N–C) groups is 1. The summed E-state index contributed by atoms with van der Waals surface area (Å²) in [6.07, 6.45) is 3.74. The van der Waals surface area contributed by atoms with Gasteiger partial charge in [-0.05, 0) is 51.5 Å². The van der Waals surface area contributed by atoms with Gasteiger partial charge in [-0.15, -0.1) is 24.0 Å². The van der Waals surface area contributed by atoms with Crippen LogP contribution in [0.15, 0.2) is 4.99 Å². The fourth-order valence-electron chi connectivity index (χ4n) is 2.86. The van der Waals surface area contributed by atoms with E-state index in [9.17, 15) is 0 Å². The summed E-state index contributed by atoms with van der Waals surface area (Å²) in [6.45, 7) is 14.8. The topological polar surface area (TPSA) is 48.9 Å². The van der Waals surface area contributed by atoms with Crippen molar-refractivity contribution in [1.29, 1.82) is 0 Å². The van der Waals surface area contributed by atoms with Crippen molar-refractivity contribution < 1.29 is 4.74 Å². The van der Waals surface area contributed by atoms with Gasteiger partial charge >= 0.3 is 0 Å². The molecule has 6 heteroatoms. The van der Waals surface area contributed by atoms with E-state index >= 15 is 0 Å². The van der Waals surface area contributed by atoms with E-state index < -0.39 is 0 Å². The summed E-state index contributed by atoms with van der Waals surface area (Å²) in [5.41, 5.74) is 0. The molecule has 0 aromatic heterocycles. The van der Waals surface area contributed by atoms with Gasteiger partial charge < -0.3 is 20.3 Å². The number of rotatable bonds is 9. The van der Waals surface area contributed by atoms with Crippen LogP contribution in [0, 0.1) is 11.8 Å². The molecule has 1 aliphatic heterocycles. The molecule has 1 aliphatic rings. The maximum atomic E-state index is 5.62. The Kier molecular flexibility index (Phi) is 14.1. The van der Waals surface area contributed by atoms with Crippen LogP contribution in [-0.2, 0) is 4.74 Å². The summed E-state index contributed by atoms with van der Waals surface area (Å²) in [4.78, 5) is 6.88. The molecule has 0 aromatic carbocycles. The van der Waals surface area contributed by atoms with Crippen molar-refractivity contribution in [3.8, 4) is 0 Å². The Morgan fingerprint density at radius 3 is 2.58 bits per heavy atom. The summed E-state index contributed by atoms with van der Waals surface area (Å²) < 4.78 is 5.62. The SMILES string of the molecule is CN=C(NCCOCCC(C)C)NCC1CCCN(C(C)C)C1.I. The van der Waals surface area contributed by atoms with Crippen LogP contribution in [0.2, 0.25) is 0 Å². The van der Waals surface area contributed by atoms with Crippen LogP contribution in [0.5, 0.6) is 0 Å². The van der Waals surface area contributed by atoms with Crippen molar-refractivity contribution in [1.82, 2.24) is 15.5 Å². The van der Waals surface area contributed by atoms with Gasteiger partial charge in [0.2, 0.25) is 0 Å². The highest BCUT2D eigenvalue weighted by Crippen LogP contribution is 2.17. The van der Waals surface area contributed by atoms with Gasteiger partial charge in [-0.2, -0.15) is 0 Å². The van der Waals surface area contributed by atoms with Crippen LogP contribution in [0.4, 0.5) is 0 Å². The van der Waals surface area contributed by atoms with Crippen LogP contribution in [0.25, 0.3) is 0 Å². The molecule has 0 radical (unpaired) electrons. The maximum absolute atomic E-state index is 5.62. The first-order valence-corrected chi connectivity index (χ1v) is 9.29. The lowest BCUT2D eigenvalue weighted by molar-refractivity contribution is 0.127. The van der Waals surface area contributed by atoms with Crippen molar-refractivity contribution in [2.45, 2.75) is 53.0 Å². The zero-order valence-electron chi connectivity index (χ0n) is 16.3. The van der Waals surface area contributed by atoms with Gasteiger partial charge in [-0.3, -0.25) is 4.99 Å². The van der Waals surface area contributed by atoms with Crippen molar-refractivity contribution in [2.24, 2.45) is 16.8 Å². The highest BCUT2D eigenvalue weighted by molar-refractivity contribution is 14.0. The molecule has 1 heterocycles. The molecule has 5 nitrogen and oxygen atoms in total. The molecule has 0 bridgehead atoms. The van der Waals surface area contributed by atoms with Crippen molar-refractivity contribution in [2.75, 3.05) is 46.4 Å². The summed E-state index contributed by atoms with van der Waals surface area (Å²) in [6, 6.07) is 0.651. The third-order valence-corrected chi connectivity index (χ3v) is 4.44. The molecule has 0 aromatic rings. The standard InChI is InChI=1S/C18H38N4O.HI/c1-15(2)8-11-23-12-9-20-18(19-5)21-13-17-7-6-10-22(14-17)16(3)4;/h15-17H,6-14H2,1-5H3,(H2,19,20,21);1H. The lowest BCUT2D eigenvalue weighted by atomic mass is 9.97. The van der Waals surface area contributed by atoms with Crippen LogP contribution in [-0.4, -0.2) is 63.3 Å². The van der Waals surface area contributed by atoms with E-state index in [1.54, 1.807) is 0 Å². The number of halogens is 1. The first-order chi connectivity index (χ1) is 11.0. The monoisotopic (exact) mass is 454 g/mol. The van der Waals surface area contributed by atoms with Crippen molar-refractivity contribution >= 4 is 29.9 Å². The van der Waals surface area contributed by atoms with E-state index in [-0.39, 0.29) is 24.0 Å². The second-order valence-electron chi connectivity index (χ2n) is 7.27. The molecule has 1 fully saturated rings. The molecule has 144 valence electrons. The zero-order chi connectivity index (χ0) is 17.1. The number of ether oxygens (including phenoxy) is 1. The Morgan fingerprint density at radius 2 is 1.96 bits per heavy atom. The fraction of sp³-hybridized carbons (Fsp3) is 0.944. The van der Waals surface area contributed by atoms with Crippen LogP contribution in [0.3, 0.4) is 0 Å². The van der Waals surface area contributed by atoms with Gasteiger partial charge in [0.05, 0.1) is 6.61 Å². The lowest BCUT2D eigenvalue weighted by Gasteiger charge is -2.35. The highest BCUT2D eigenvalue weighted by atomic mass is 127. The van der Waals surface area contributed by atoms with Gasteiger partial charge in [-0.25, -0.2) is 0 Å². The molecular formula is C18H39IN4O. The fourth-order valence-corrected chi connectivity index (χ4v) is 2.86. The summed E-state index contributed by atoms with van der Waals surface area (Å²) in [5.74, 6) is 2.31. The first-order valence-electron chi connectivity index (χ1n) is 9.29. The Hall–Kier alpha value is -0.0800. The Morgan fingerprint density at radius 1 is 1.21 bits per heavy atom. The highest BCUT2D eigenvalue weighted by Gasteiger charge is 2.21. The number of piperidine rings is 1. The van der Waals surface area contributed by atoms with Crippen molar-refractivity contribution in [3.05, 3.63) is 0 Å². The third-order valence-electron chi connectivity index (χ3n) is 4.44. The normalized spacial score (nSPS) is 19.5. The van der Waals surface area contributed by atoms with Gasteiger partial charge in [0.1, 0.15) is 0 Å². The molecule has 1 rings (SSSR count).